The van der Waals surface area contributed by atoms with Crippen molar-refractivity contribution in [3.8, 4) is 11.4 Å². The lowest BCUT2D eigenvalue weighted by Gasteiger charge is -2.18. The summed E-state index contributed by atoms with van der Waals surface area (Å²) >= 11 is 3.42. The largest absolute Gasteiger partial charge is 0.337 e. The maximum Gasteiger partial charge on any atom is 0.246 e. The quantitative estimate of drug-likeness (QED) is 0.558. The van der Waals surface area contributed by atoms with Crippen molar-refractivity contribution in [3.63, 3.8) is 0 Å². The zero-order valence-corrected chi connectivity index (χ0v) is 18.2. The first-order valence-electron chi connectivity index (χ1n) is 9.14. The molecular formula is C22H24BrN3O2. The van der Waals surface area contributed by atoms with E-state index in [4.69, 9.17) is 4.52 Å². The number of amides is 1. The molecule has 0 atom stereocenters. The van der Waals surface area contributed by atoms with E-state index in [9.17, 15) is 4.79 Å². The Bertz CT molecular complexity index is 958. The Labute approximate surface area is 173 Å². The smallest absolute Gasteiger partial charge is 0.246 e. The molecule has 1 heterocycles. The molecule has 0 radical (unpaired) electrons. The van der Waals surface area contributed by atoms with Crippen molar-refractivity contribution in [3.05, 3.63) is 70.0 Å². The number of carbonyl (C=O) groups excluding carboxylic acids is 1. The van der Waals surface area contributed by atoms with Gasteiger partial charge in [0.25, 0.3) is 0 Å². The third-order valence-electron chi connectivity index (χ3n) is 4.52. The van der Waals surface area contributed by atoms with Gasteiger partial charge in [-0.05, 0) is 28.7 Å². The summed E-state index contributed by atoms with van der Waals surface area (Å²) in [6.45, 7) is 6.81. The van der Waals surface area contributed by atoms with Crippen molar-refractivity contribution < 1.29 is 9.32 Å². The van der Waals surface area contributed by atoms with Gasteiger partial charge >= 0.3 is 0 Å². The number of rotatable bonds is 5. The molecule has 5 nitrogen and oxygen atoms in total. The van der Waals surface area contributed by atoms with E-state index in [1.807, 2.05) is 36.4 Å². The molecule has 3 rings (SSSR count). The van der Waals surface area contributed by atoms with Crippen LogP contribution in [0.25, 0.3) is 11.4 Å². The Kier molecular flexibility index (Phi) is 5.98. The van der Waals surface area contributed by atoms with Gasteiger partial charge in [-0.1, -0.05) is 78.3 Å². The molecule has 28 heavy (non-hydrogen) atoms. The zero-order chi connectivity index (χ0) is 20.3. The number of benzene rings is 2. The van der Waals surface area contributed by atoms with E-state index in [1.54, 1.807) is 11.9 Å². The van der Waals surface area contributed by atoms with Crippen molar-refractivity contribution in [2.24, 2.45) is 0 Å². The molecule has 146 valence electrons. The van der Waals surface area contributed by atoms with Crippen molar-refractivity contribution in [2.45, 2.75) is 39.2 Å². The number of likely N-dealkylation sites (N-methyl/N-ethyl adjacent to an activating group) is 1. The number of hydrogen-bond acceptors (Lipinski definition) is 4. The summed E-state index contributed by atoms with van der Waals surface area (Å²) < 4.78 is 6.30. The molecule has 0 aliphatic rings. The van der Waals surface area contributed by atoms with E-state index in [0.29, 0.717) is 18.1 Å². The summed E-state index contributed by atoms with van der Waals surface area (Å²) in [6.07, 6.45) is 0.325. The molecule has 0 aliphatic heterocycles. The first kappa shape index (κ1) is 20.3. The van der Waals surface area contributed by atoms with Crippen LogP contribution in [0.2, 0.25) is 0 Å². The van der Waals surface area contributed by atoms with Gasteiger partial charge in [0, 0.05) is 17.1 Å². The van der Waals surface area contributed by atoms with Gasteiger partial charge in [0.2, 0.25) is 17.6 Å². The lowest BCUT2D eigenvalue weighted by atomic mass is 9.87. The fraction of sp³-hybridized carbons (Fsp3) is 0.318. The van der Waals surface area contributed by atoms with E-state index < -0.39 is 0 Å². The fourth-order valence-electron chi connectivity index (χ4n) is 2.80. The number of nitrogens with zero attached hydrogens (tertiary/aromatic N) is 3. The summed E-state index contributed by atoms with van der Waals surface area (Å²) in [5.74, 6) is 0.940. The Morgan fingerprint density at radius 2 is 1.86 bits per heavy atom. The summed E-state index contributed by atoms with van der Waals surface area (Å²) in [5.41, 5.74) is 3.19. The molecule has 1 aromatic heterocycles. The first-order chi connectivity index (χ1) is 13.2. The topological polar surface area (TPSA) is 59.2 Å². The van der Waals surface area contributed by atoms with Crippen LogP contribution in [-0.2, 0) is 23.2 Å². The number of halogens is 1. The van der Waals surface area contributed by atoms with Crippen LogP contribution >= 0.6 is 15.9 Å². The minimum atomic E-state index is -0.00706. The van der Waals surface area contributed by atoms with Crippen LogP contribution in [0.4, 0.5) is 0 Å². The zero-order valence-electron chi connectivity index (χ0n) is 16.6. The molecule has 1 amide bonds. The van der Waals surface area contributed by atoms with Crippen LogP contribution < -0.4 is 0 Å². The normalized spacial score (nSPS) is 11.5. The SMILES string of the molecule is CN(Cc1nc(-c2ccc(C(C)(C)C)cc2)no1)C(=O)Cc1cccc(Br)c1. The minimum absolute atomic E-state index is 0.00706. The van der Waals surface area contributed by atoms with E-state index in [-0.39, 0.29) is 17.9 Å². The molecule has 0 N–H and O–H groups in total. The Hall–Kier alpha value is -2.47. The van der Waals surface area contributed by atoms with Gasteiger partial charge in [-0.25, -0.2) is 0 Å². The van der Waals surface area contributed by atoms with Crippen LogP contribution in [0.3, 0.4) is 0 Å². The monoisotopic (exact) mass is 441 g/mol. The second kappa shape index (κ2) is 8.27. The second-order valence-electron chi connectivity index (χ2n) is 7.90. The Morgan fingerprint density at radius 3 is 2.50 bits per heavy atom. The van der Waals surface area contributed by atoms with Crippen LogP contribution in [0.15, 0.2) is 57.5 Å². The lowest BCUT2D eigenvalue weighted by molar-refractivity contribution is -0.130. The van der Waals surface area contributed by atoms with Crippen molar-refractivity contribution in [1.29, 1.82) is 0 Å². The summed E-state index contributed by atoms with van der Waals surface area (Å²) in [4.78, 5) is 18.5. The van der Waals surface area contributed by atoms with Crippen LogP contribution in [0, 0.1) is 0 Å². The number of carbonyl (C=O) groups is 1. The Balaban J connectivity index is 1.64. The maximum atomic E-state index is 12.5. The summed E-state index contributed by atoms with van der Waals surface area (Å²) in [5, 5.41) is 4.06. The third-order valence-corrected chi connectivity index (χ3v) is 5.01. The van der Waals surface area contributed by atoms with Crippen molar-refractivity contribution in [1.82, 2.24) is 15.0 Å². The standard InChI is InChI=1S/C22H24BrN3O2/c1-22(2,3)17-10-8-16(9-11-17)21-24-19(28-25-21)14-26(4)20(27)13-15-6-5-7-18(23)12-15/h5-12H,13-14H2,1-4H3. The van der Waals surface area contributed by atoms with Crippen molar-refractivity contribution in [2.75, 3.05) is 7.05 Å². The average Bonchev–Trinajstić information content (AvgIpc) is 3.09. The van der Waals surface area contributed by atoms with Crippen LogP contribution in [-0.4, -0.2) is 28.0 Å². The highest BCUT2D eigenvalue weighted by Crippen LogP contribution is 2.25. The summed E-state index contributed by atoms with van der Waals surface area (Å²) in [7, 11) is 1.74. The average molecular weight is 442 g/mol. The fourth-order valence-corrected chi connectivity index (χ4v) is 3.25. The van der Waals surface area contributed by atoms with E-state index in [2.05, 4.69) is 59.0 Å². The molecule has 0 fully saturated rings. The Morgan fingerprint density at radius 1 is 1.14 bits per heavy atom. The van der Waals surface area contributed by atoms with Gasteiger partial charge in [-0.15, -0.1) is 0 Å². The molecular weight excluding hydrogens is 418 g/mol. The molecule has 0 bridgehead atoms. The lowest BCUT2D eigenvalue weighted by Crippen LogP contribution is -2.27. The predicted molar refractivity (Wildman–Crippen MR) is 113 cm³/mol. The highest BCUT2D eigenvalue weighted by molar-refractivity contribution is 9.10. The molecule has 6 heteroatoms. The van der Waals surface area contributed by atoms with E-state index in [0.717, 1.165) is 15.6 Å². The molecule has 3 aromatic rings. The van der Waals surface area contributed by atoms with Crippen molar-refractivity contribution >= 4 is 21.8 Å². The highest BCUT2D eigenvalue weighted by Gasteiger charge is 2.17. The highest BCUT2D eigenvalue weighted by atomic mass is 79.9. The van der Waals surface area contributed by atoms with Crippen LogP contribution in [0.5, 0.6) is 0 Å². The van der Waals surface area contributed by atoms with E-state index >= 15 is 0 Å². The molecule has 2 aromatic carbocycles. The maximum absolute atomic E-state index is 12.5. The third kappa shape index (κ3) is 5.07. The van der Waals surface area contributed by atoms with Gasteiger partial charge in [0.05, 0.1) is 13.0 Å². The molecule has 0 saturated heterocycles. The summed E-state index contributed by atoms with van der Waals surface area (Å²) in [6, 6.07) is 15.9. The van der Waals surface area contributed by atoms with Gasteiger partial charge in [-0.3, -0.25) is 4.79 Å². The number of hydrogen-bond donors (Lipinski definition) is 0. The molecule has 0 saturated carbocycles. The van der Waals surface area contributed by atoms with Gasteiger partial charge in [-0.2, -0.15) is 4.98 Å². The molecule has 0 spiro atoms. The molecule has 0 aliphatic carbocycles. The second-order valence-corrected chi connectivity index (χ2v) is 8.81. The molecule has 0 unspecified atom stereocenters. The number of aromatic nitrogens is 2. The van der Waals surface area contributed by atoms with E-state index in [1.165, 1.54) is 5.56 Å². The van der Waals surface area contributed by atoms with Crippen LogP contribution in [0.1, 0.15) is 37.8 Å². The van der Waals surface area contributed by atoms with Gasteiger partial charge in [0.15, 0.2) is 0 Å². The van der Waals surface area contributed by atoms with Gasteiger partial charge in [0.1, 0.15) is 0 Å². The first-order valence-corrected chi connectivity index (χ1v) is 9.93. The minimum Gasteiger partial charge on any atom is -0.337 e. The predicted octanol–water partition coefficient (Wildman–Crippen LogP) is 5.00. The van der Waals surface area contributed by atoms with Gasteiger partial charge < -0.3 is 9.42 Å².